The van der Waals surface area contributed by atoms with E-state index in [4.69, 9.17) is 29.4 Å². The molecule has 2 aliphatic rings. The zero-order valence-corrected chi connectivity index (χ0v) is 49.5. The Balaban J connectivity index is 1.03. The molecule has 10 bridgehead atoms. The minimum absolute atomic E-state index is 0.00285. The first kappa shape index (κ1) is 58.4. The van der Waals surface area contributed by atoms with E-state index < -0.39 is 84.4 Å². The average Bonchev–Trinajstić information content (AvgIpc) is 4.45. The number of ether oxygens (including phenoxy) is 2. The summed E-state index contributed by atoms with van der Waals surface area (Å²) in [6, 6.07) is 9.38. The lowest BCUT2D eigenvalue weighted by molar-refractivity contribution is -0.148. The third-order valence-corrected chi connectivity index (χ3v) is 18.9. The molecule has 6 amide bonds. The molecule has 24 nitrogen and oxygen atoms in total. The number of carbonyl (C=O) groups is 7. The van der Waals surface area contributed by atoms with Crippen molar-refractivity contribution in [3.05, 3.63) is 111 Å². The lowest BCUT2D eigenvalue weighted by Crippen LogP contribution is -2.40. The van der Waals surface area contributed by atoms with Crippen molar-refractivity contribution < 1.29 is 53.2 Å². The smallest absolute Gasteiger partial charge is 0.413 e. The molecule has 0 saturated heterocycles. The molecule has 1 aromatic carbocycles. The second kappa shape index (κ2) is 25.3. The Labute approximate surface area is 496 Å². The van der Waals surface area contributed by atoms with Crippen LogP contribution >= 0.6 is 68.0 Å². The number of amides is 6. The van der Waals surface area contributed by atoms with Gasteiger partial charge in [-0.05, 0) is 43.4 Å². The first-order valence-corrected chi connectivity index (χ1v) is 30.7. The van der Waals surface area contributed by atoms with Gasteiger partial charge in [0.05, 0.1) is 48.1 Å². The highest BCUT2D eigenvalue weighted by Gasteiger charge is 2.38. The van der Waals surface area contributed by atoms with Crippen LogP contribution in [0.1, 0.15) is 119 Å². The molecule has 0 spiro atoms. The second-order valence-electron chi connectivity index (χ2n) is 19.3. The van der Waals surface area contributed by atoms with E-state index in [1.807, 2.05) is 13.8 Å². The molecule has 1 fully saturated rings. The van der Waals surface area contributed by atoms with Gasteiger partial charge in [0.2, 0.25) is 11.8 Å². The summed E-state index contributed by atoms with van der Waals surface area (Å²) < 4.78 is 10.8. The van der Waals surface area contributed by atoms with Gasteiger partial charge < -0.3 is 46.3 Å². The van der Waals surface area contributed by atoms with Gasteiger partial charge in [0.15, 0.2) is 0 Å². The number of hydrogen-bond donors (Lipinski definition) is 8. The summed E-state index contributed by atoms with van der Waals surface area (Å²) in [5, 5.41) is 46.7. The fourth-order valence-corrected chi connectivity index (χ4v) is 14.3. The first-order valence-electron chi connectivity index (χ1n) is 25.6. The number of thiazole rings is 6. The van der Waals surface area contributed by atoms with Gasteiger partial charge >= 0.3 is 12.1 Å². The van der Waals surface area contributed by atoms with E-state index in [1.165, 1.54) is 48.2 Å². The van der Waals surface area contributed by atoms with Gasteiger partial charge in [0.1, 0.15) is 88.3 Å². The summed E-state index contributed by atoms with van der Waals surface area (Å²) in [5.74, 6) is -4.50. The Morgan fingerprint density at radius 3 is 2.17 bits per heavy atom. The molecule has 8 N–H and O–H groups in total. The highest BCUT2D eigenvalue weighted by Crippen LogP contribution is 2.40. The number of aromatic nitrogens is 7. The van der Waals surface area contributed by atoms with Crippen LogP contribution in [-0.2, 0) is 30.5 Å². The van der Waals surface area contributed by atoms with E-state index in [0.717, 1.165) is 34.0 Å². The van der Waals surface area contributed by atoms with Gasteiger partial charge in [0.25, 0.3) is 17.7 Å². The third kappa shape index (κ3) is 13.2. The van der Waals surface area contributed by atoms with Crippen LogP contribution in [0.3, 0.4) is 0 Å². The van der Waals surface area contributed by atoms with Crippen LogP contribution in [0.4, 0.5) is 10.6 Å². The number of aliphatic carboxylic acids is 1. The quantitative estimate of drug-likeness (QED) is 0.0614. The van der Waals surface area contributed by atoms with Crippen LogP contribution in [0.5, 0.6) is 0 Å². The van der Waals surface area contributed by atoms with Crippen molar-refractivity contribution >= 4 is 115 Å². The standard InChI is InChI=1S/C53H51N13O11S6/c1-22(2)37-51-66-40(33(83-51)17-76-5)44(71)55-16-36(68)63-41(42(69)24-9-7-6-8-10-24)50-60-32(20-80-50)48-58-30(18-79-48)39-27(11-12-28(56-39)47-61-34(21-81-47)62-53(75)77-26-13-25(14-26)52(73)74)46-59-31(19-78-46)43(70)57-29(15-35(67)54-4)49-65-38(23(3)82-49)45(72)64-37/h6-12,18-22,25-26,29,37,41-42,69H,13-17H2,1-5H3,(H,54,67)(H,55,71)(H,57,70)(H,62,75)(H,63,68)(H,64,72)(H,73,74)/t25-,26+,29-,37-,41-,42-/m0/s1. The van der Waals surface area contributed by atoms with Gasteiger partial charge in [-0.3, -0.25) is 34.1 Å². The molecule has 1 aliphatic carbocycles. The summed E-state index contributed by atoms with van der Waals surface area (Å²) in [5.41, 5.74) is 2.56. The van der Waals surface area contributed by atoms with Gasteiger partial charge in [-0.1, -0.05) is 44.2 Å². The minimum Gasteiger partial charge on any atom is -0.481 e. The maximum atomic E-state index is 14.3. The molecule has 430 valence electrons. The number of aryl methyl sites for hydroxylation is 1. The maximum Gasteiger partial charge on any atom is 0.413 e. The summed E-state index contributed by atoms with van der Waals surface area (Å²) in [4.78, 5) is 128. The topological polar surface area (TPSA) is 341 Å². The first-order chi connectivity index (χ1) is 39.9. The Kier molecular flexibility index (Phi) is 17.8. The van der Waals surface area contributed by atoms with Crippen molar-refractivity contribution in [1.29, 1.82) is 0 Å². The Morgan fingerprint density at radius 2 is 1.42 bits per heavy atom. The van der Waals surface area contributed by atoms with Gasteiger partial charge in [0, 0.05) is 46.1 Å². The fourth-order valence-electron chi connectivity index (χ4n) is 8.79. The summed E-state index contributed by atoms with van der Waals surface area (Å²) in [6.07, 6.45) is -2.39. The van der Waals surface area contributed by atoms with E-state index in [1.54, 1.807) is 70.9 Å². The van der Waals surface area contributed by atoms with E-state index in [-0.39, 0.29) is 59.7 Å². The number of aliphatic hydroxyl groups excluding tert-OH is 1. The van der Waals surface area contributed by atoms with Gasteiger partial charge in [-0.15, -0.1) is 68.0 Å². The number of nitrogens with one attached hydrogen (secondary N) is 6. The number of pyridine rings is 1. The summed E-state index contributed by atoms with van der Waals surface area (Å²) in [7, 11) is 2.93. The Hall–Kier alpha value is -7.84. The van der Waals surface area contributed by atoms with Crippen molar-refractivity contribution in [2.45, 2.75) is 77.0 Å². The number of fused-ring (bicyclic) bond motifs is 14. The number of aliphatic hydroxyl groups is 1. The van der Waals surface area contributed by atoms with E-state index in [2.05, 4.69) is 46.9 Å². The van der Waals surface area contributed by atoms with Crippen LogP contribution in [0, 0.1) is 18.8 Å². The van der Waals surface area contributed by atoms with Crippen LogP contribution in [0.15, 0.2) is 64.0 Å². The number of anilines is 1. The van der Waals surface area contributed by atoms with Crippen molar-refractivity contribution in [3.63, 3.8) is 0 Å². The number of nitrogens with zero attached hydrogens (tertiary/aromatic N) is 7. The van der Waals surface area contributed by atoms with Gasteiger partial charge in [-0.25, -0.2) is 39.7 Å². The number of methoxy groups -OCH3 is 1. The molecule has 1 saturated carbocycles. The van der Waals surface area contributed by atoms with E-state index >= 15 is 0 Å². The Morgan fingerprint density at radius 1 is 0.711 bits per heavy atom. The fraction of sp³-hybridized carbons (Fsp3) is 0.321. The lowest BCUT2D eigenvalue weighted by Gasteiger charge is -2.31. The monoisotopic (exact) mass is 1240 g/mol. The van der Waals surface area contributed by atoms with Crippen LogP contribution in [0.2, 0.25) is 0 Å². The number of rotatable bonds is 11. The minimum atomic E-state index is -1.29. The second-order valence-corrected chi connectivity index (χ2v) is 25.1. The number of carboxylic acids is 1. The molecule has 1 aliphatic heterocycles. The number of carbonyl (C=O) groups excluding carboxylic acids is 6. The van der Waals surface area contributed by atoms with Crippen molar-refractivity contribution in [3.8, 4) is 43.4 Å². The molecular formula is C53H51N13O11S6. The van der Waals surface area contributed by atoms with E-state index in [0.29, 0.717) is 68.7 Å². The number of carboxylic acid groups (broad SMARTS) is 1. The predicted molar refractivity (Wildman–Crippen MR) is 311 cm³/mol. The van der Waals surface area contributed by atoms with Gasteiger partial charge in [-0.2, -0.15) is 0 Å². The number of benzene rings is 1. The van der Waals surface area contributed by atoms with Crippen molar-refractivity contribution in [2.75, 3.05) is 26.0 Å². The lowest BCUT2D eigenvalue weighted by atomic mass is 9.82. The largest absolute Gasteiger partial charge is 0.481 e. The summed E-state index contributed by atoms with van der Waals surface area (Å²) >= 11 is 7.07. The molecule has 0 radical (unpaired) electrons. The highest BCUT2D eigenvalue weighted by molar-refractivity contribution is 7.15. The van der Waals surface area contributed by atoms with Crippen molar-refractivity contribution in [2.24, 2.45) is 11.8 Å². The molecule has 30 heteroatoms. The maximum absolute atomic E-state index is 14.3. The zero-order valence-electron chi connectivity index (χ0n) is 44.6. The SMILES string of the molecule is CNC(=O)C[C@@H]1NC(=O)c2csc(n2)-c2ccc(-c3nc(NC(=O)O[C@H]4C[C@@H](C(=O)O)C4)cs3)nc2-c2csc(n2)-c2csc(n2)[C@H]([C@@H](O)c2ccccc2)NC(=O)CNC(=O)c2nc(sc2COC)[C@H](C(C)C)NC(=O)c2nc1sc2C. The molecule has 4 atom stereocenters. The Bertz CT molecular complexity index is 3750. The van der Waals surface area contributed by atoms with Crippen LogP contribution < -0.4 is 31.9 Å². The molecule has 83 heavy (non-hydrogen) atoms. The third-order valence-electron chi connectivity index (χ3n) is 13.2. The van der Waals surface area contributed by atoms with Crippen molar-refractivity contribution in [1.82, 2.24) is 61.5 Å². The molecule has 8 heterocycles. The average molecular weight is 1240 g/mol. The molecule has 0 unspecified atom stereocenters. The predicted octanol–water partition coefficient (Wildman–Crippen LogP) is 7.72. The summed E-state index contributed by atoms with van der Waals surface area (Å²) in [6.45, 7) is 4.93. The molecule has 10 rings (SSSR count). The molecular weight excluding hydrogens is 1190 g/mol. The van der Waals surface area contributed by atoms with Crippen LogP contribution in [0.25, 0.3) is 43.4 Å². The normalized spacial score (nSPS) is 18.9. The zero-order chi connectivity index (χ0) is 58.6. The highest BCUT2D eigenvalue weighted by atomic mass is 32.1. The molecule has 7 aromatic heterocycles. The molecule has 8 aromatic rings. The number of hydrogen-bond acceptors (Lipinski definition) is 23. The van der Waals surface area contributed by atoms with E-state index in [9.17, 15) is 43.8 Å². The van der Waals surface area contributed by atoms with Crippen LogP contribution in [-0.4, -0.2) is 114 Å².